The van der Waals surface area contributed by atoms with Crippen LogP contribution < -0.4 is 0 Å². The molecule has 2 rings (SSSR count). The Bertz CT molecular complexity index is 236. The molecule has 0 radical (unpaired) electrons. The SMILES string of the molecule is CCC(C)(C)C1C2CC2(C)C1(C)C. The summed E-state index contributed by atoms with van der Waals surface area (Å²) < 4.78 is 0. The highest BCUT2D eigenvalue weighted by Gasteiger charge is 2.76. The van der Waals surface area contributed by atoms with Gasteiger partial charge in [-0.2, -0.15) is 0 Å². The third kappa shape index (κ3) is 0.877. The van der Waals surface area contributed by atoms with Gasteiger partial charge in [0.2, 0.25) is 0 Å². The predicted octanol–water partition coefficient (Wildman–Crippen LogP) is 4.10. The zero-order chi connectivity index (χ0) is 10.1. The molecule has 0 spiro atoms. The van der Waals surface area contributed by atoms with Crippen LogP contribution in [0.15, 0.2) is 0 Å². The largest absolute Gasteiger partial charge is 0.0649 e. The molecule has 2 aliphatic carbocycles. The van der Waals surface area contributed by atoms with E-state index in [1.807, 2.05) is 0 Å². The molecule has 0 heterocycles. The van der Waals surface area contributed by atoms with Crippen molar-refractivity contribution in [1.82, 2.24) is 0 Å². The molecule has 0 heteroatoms. The van der Waals surface area contributed by atoms with Gasteiger partial charge in [-0.3, -0.25) is 0 Å². The molecule has 0 N–H and O–H groups in total. The minimum absolute atomic E-state index is 0.560. The highest BCUT2D eigenvalue weighted by molar-refractivity contribution is 5.24. The number of hydrogen-bond acceptors (Lipinski definition) is 0. The van der Waals surface area contributed by atoms with E-state index in [0.29, 0.717) is 16.2 Å². The van der Waals surface area contributed by atoms with Crippen LogP contribution in [0.1, 0.15) is 54.4 Å². The molecule has 0 amide bonds. The van der Waals surface area contributed by atoms with Crippen LogP contribution in [0.2, 0.25) is 0 Å². The monoisotopic (exact) mass is 180 g/mol. The molecule has 0 saturated heterocycles. The minimum atomic E-state index is 0.560. The van der Waals surface area contributed by atoms with Crippen molar-refractivity contribution in [2.45, 2.75) is 54.4 Å². The van der Waals surface area contributed by atoms with Crippen LogP contribution in [0.4, 0.5) is 0 Å². The van der Waals surface area contributed by atoms with Gasteiger partial charge in [-0.25, -0.2) is 0 Å². The van der Waals surface area contributed by atoms with Crippen molar-refractivity contribution in [3.63, 3.8) is 0 Å². The third-order valence-electron chi connectivity index (χ3n) is 5.71. The summed E-state index contributed by atoms with van der Waals surface area (Å²) in [6.45, 7) is 14.7. The number of rotatable bonds is 2. The zero-order valence-corrected chi connectivity index (χ0v) is 10.1. The summed E-state index contributed by atoms with van der Waals surface area (Å²) in [6.07, 6.45) is 2.82. The Morgan fingerprint density at radius 1 is 1.23 bits per heavy atom. The summed E-state index contributed by atoms with van der Waals surface area (Å²) in [6, 6.07) is 0. The Morgan fingerprint density at radius 2 is 1.77 bits per heavy atom. The summed E-state index contributed by atoms with van der Waals surface area (Å²) >= 11 is 0. The van der Waals surface area contributed by atoms with Crippen molar-refractivity contribution >= 4 is 0 Å². The number of fused-ring (bicyclic) bond motifs is 1. The van der Waals surface area contributed by atoms with Crippen molar-refractivity contribution in [3.05, 3.63) is 0 Å². The van der Waals surface area contributed by atoms with Crippen LogP contribution in [0.3, 0.4) is 0 Å². The lowest BCUT2D eigenvalue weighted by Gasteiger charge is -2.57. The molecule has 0 nitrogen and oxygen atoms in total. The lowest BCUT2D eigenvalue weighted by Crippen LogP contribution is -2.51. The van der Waals surface area contributed by atoms with Gasteiger partial charge in [0.05, 0.1) is 0 Å². The van der Waals surface area contributed by atoms with Crippen LogP contribution in [0, 0.1) is 28.1 Å². The zero-order valence-electron chi connectivity index (χ0n) is 10.1. The molecule has 0 bridgehead atoms. The highest BCUT2D eigenvalue weighted by Crippen LogP contribution is 2.83. The van der Waals surface area contributed by atoms with E-state index in [1.54, 1.807) is 0 Å². The molecule has 0 aromatic carbocycles. The third-order valence-corrected chi connectivity index (χ3v) is 5.71. The van der Waals surface area contributed by atoms with Gasteiger partial charge in [0.1, 0.15) is 0 Å². The summed E-state index contributed by atoms with van der Waals surface area (Å²) in [4.78, 5) is 0. The first-order valence-corrected chi connectivity index (χ1v) is 5.77. The molecule has 0 aromatic rings. The molecule has 2 aliphatic rings. The summed E-state index contributed by atoms with van der Waals surface area (Å²) in [5.74, 6) is 2.02. The van der Waals surface area contributed by atoms with Gasteiger partial charge >= 0.3 is 0 Å². The average molecular weight is 180 g/mol. The Labute approximate surface area is 83.1 Å². The summed E-state index contributed by atoms with van der Waals surface area (Å²) in [5.41, 5.74) is 1.87. The molecule has 0 aromatic heterocycles. The van der Waals surface area contributed by atoms with E-state index in [9.17, 15) is 0 Å². The molecule has 2 fully saturated rings. The Kier molecular flexibility index (Phi) is 1.58. The molecular weight excluding hydrogens is 156 g/mol. The van der Waals surface area contributed by atoms with E-state index in [2.05, 4.69) is 41.5 Å². The van der Waals surface area contributed by atoms with Crippen molar-refractivity contribution in [2.75, 3.05) is 0 Å². The maximum atomic E-state index is 2.49. The van der Waals surface area contributed by atoms with E-state index < -0.39 is 0 Å². The van der Waals surface area contributed by atoms with Gasteiger partial charge in [-0.15, -0.1) is 0 Å². The quantitative estimate of drug-likeness (QED) is 0.600. The molecule has 0 aliphatic heterocycles. The first-order chi connectivity index (χ1) is 5.77. The summed E-state index contributed by atoms with van der Waals surface area (Å²) in [5, 5.41) is 0. The Hall–Kier alpha value is 0. The smallest absolute Gasteiger partial charge is 0.0237 e. The fraction of sp³-hybridized carbons (Fsp3) is 1.00. The molecule has 3 unspecified atom stereocenters. The lowest BCUT2D eigenvalue weighted by molar-refractivity contribution is -0.0925. The van der Waals surface area contributed by atoms with Crippen molar-refractivity contribution < 1.29 is 0 Å². The van der Waals surface area contributed by atoms with Crippen LogP contribution >= 0.6 is 0 Å². The minimum Gasteiger partial charge on any atom is -0.0649 e. The Morgan fingerprint density at radius 3 is 2.08 bits per heavy atom. The first kappa shape index (κ1) is 9.55. The Balaban J connectivity index is 2.21. The predicted molar refractivity (Wildman–Crippen MR) is 57.6 cm³/mol. The normalized spacial score (nSPS) is 46.6. The van der Waals surface area contributed by atoms with Crippen LogP contribution in [0.5, 0.6) is 0 Å². The van der Waals surface area contributed by atoms with Crippen molar-refractivity contribution in [2.24, 2.45) is 28.1 Å². The molecule has 2 saturated carbocycles. The van der Waals surface area contributed by atoms with E-state index in [-0.39, 0.29) is 0 Å². The average Bonchev–Trinajstić information content (AvgIpc) is 2.59. The fourth-order valence-electron chi connectivity index (χ4n) is 4.13. The van der Waals surface area contributed by atoms with Gasteiger partial charge in [0.25, 0.3) is 0 Å². The van der Waals surface area contributed by atoms with E-state index >= 15 is 0 Å². The summed E-state index contributed by atoms with van der Waals surface area (Å²) in [7, 11) is 0. The van der Waals surface area contributed by atoms with Crippen LogP contribution in [-0.2, 0) is 0 Å². The fourth-order valence-corrected chi connectivity index (χ4v) is 4.13. The standard InChI is InChI=1S/C13H24/c1-7-11(2,3)10-9-8-13(9,6)12(10,4)5/h9-10H,7-8H2,1-6H3. The van der Waals surface area contributed by atoms with Gasteiger partial charge < -0.3 is 0 Å². The molecule has 3 atom stereocenters. The molecule has 76 valence electrons. The van der Waals surface area contributed by atoms with Gasteiger partial charge in [-0.05, 0) is 34.5 Å². The lowest BCUT2D eigenvalue weighted by atomic mass is 9.47. The van der Waals surface area contributed by atoms with Gasteiger partial charge in [0.15, 0.2) is 0 Å². The second-order valence-electron chi connectivity index (χ2n) is 6.77. The van der Waals surface area contributed by atoms with E-state index in [0.717, 1.165) is 11.8 Å². The molecule has 13 heavy (non-hydrogen) atoms. The van der Waals surface area contributed by atoms with Gasteiger partial charge in [-0.1, -0.05) is 48.0 Å². The topological polar surface area (TPSA) is 0 Å². The van der Waals surface area contributed by atoms with Crippen molar-refractivity contribution in [1.29, 1.82) is 0 Å². The second-order valence-corrected chi connectivity index (χ2v) is 6.77. The first-order valence-electron chi connectivity index (χ1n) is 5.77. The van der Waals surface area contributed by atoms with E-state index in [1.165, 1.54) is 12.8 Å². The highest BCUT2D eigenvalue weighted by atomic mass is 14.8. The maximum absolute atomic E-state index is 2.49. The van der Waals surface area contributed by atoms with E-state index in [4.69, 9.17) is 0 Å². The second kappa shape index (κ2) is 2.15. The number of hydrogen-bond donors (Lipinski definition) is 0. The molecular formula is C13H24. The van der Waals surface area contributed by atoms with Crippen LogP contribution in [-0.4, -0.2) is 0 Å². The van der Waals surface area contributed by atoms with Crippen molar-refractivity contribution in [3.8, 4) is 0 Å². The van der Waals surface area contributed by atoms with Gasteiger partial charge in [0, 0.05) is 0 Å². The van der Waals surface area contributed by atoms with Crippen LogP contribution in [0.25, 0.3) is 0 Å². The maximum Gasteiger partial charge on any atom is -0.0237 e.